The van der Waals surface area contributed by atoms with Gasteiger partial charge in [0.25, 0.3) is 0 Å². The van der Waals surface area contributed by atoms with Crippen LogP contribution in [0.1, 0.15) is 30.1 Å². The van der Waals surface area contributed by atoms with Gasteiger partial charge in [0.2, 0.25) is 11.8 Å². The Kier molecular flexibility index (Phi) is 5.28. The number of likely N-dealkylation sites (N-methyl/N-ethyl adjacent to an activating group) is 1. The molecule has 1 aliphatic carbocycles. The normalized spacial score (nSPS) is 16.7. The van der Waals surface area contributed by atoms with Crippen molar-refractivity contribution in [2.75, 3.05) is 43.4 Å². The van der Waals surface area contributed by atoms with Crippen molar-refractivity contribution in [2.45, 2.75) is 25.7 Å². The Hall–Kier alpha value is -3.73. The van der Waals surface area contributed by atoms with Crippen molar-refractivity contribution < 1.29 is 13.5 Å². The molecule has 35 heavy (non-hydrogen) atoms. The maximum Gasteiger partial charge on any atom is 0.233 e. The van der Waals surface area contributed by atoms with Crippen LogP contribution in [0.3, 0.4) is 0 Å². The lowest BCUT2D eigenvalue weighted by Crippen LogP contribution is -2.44. The van der Waals surface area contributed by atoms with Gasteiger partial charge in [-0.05, 0) is 32.9 Å². The summed E-state index contributed by atoms with van der Waals surface area (Å²) in [5.41, 5.74) is 1.85. The van der Waals surface area contributed by atoms with Gasteiger partial charge in [-0.3, -0.25) is 5.10 Å². The van der Waals surface area contributed by atoms with E-state index in [-0.39, 0.29) is 28.5 Å². The Bertz CT molecular complexity index is 1390. The maximum atomic E-state index is 15.2. The molecule has 0 radical (unpaired) electrons. The number of benzene rings is 1. The Morgan fingerprint density at radius 3 is 2.63 bits per heavy atom. The number of ether oxygens (including phenoxy) is 1. The van der Waals surface area contributed by atoms with Crippen molar-refractivity contribution in [3.05, 3.63) is 47.3 Å². The molecule has 0 bridgehead atoms. The maximum absolute atomic E-state index is 15.2. The van der Waals surface area contributed by atoms with E-state index in [1.165, 1.54) is 0 Å². The van der Waals surface area contributed by atoms with Crippen LogP contribution in [0.5, 0.6) is 11.6 Å². The van der Waals surface area contributed by atoms with E-state index in [9.17, 15) is 4.39 Å². The third-order valence-electron chi connectivity index (χ3n) is 6.49. The van der Waals surface area contributed by atoms with Crippen molar-refractivity contribution in [1.82, 2.24) is 30.0 Å². The van der Waals surface area contributed by atoms with Gasteiger partial charge in [-0.1, -0.05) is 0 Å². The fraction of sp³-hybridized carbons (Fsp3) is 0.375. The van der Waals surface area contributed by atoms with E-state index >= 15 is 4.39 Å². The Labute approximate surface area is 200 Å². The molecule has 0 amide bonds. The van der Waals surface area contributed by atoms with Crippen LogP contribution >= 0.6 is 0 Å². The highest BCUT2D eigenvalue weighted by molar-refractivity contribution is 5.83. The van der Waals surface area contributed by atoms with Gasteiger partial charge >= 0.3 is 0 Å². The average Bonchev–Trinajstić information content (AvgIpc) is 3.45. The highest BCUT2D eigenvalue weighted by Crippen LogP contribution is 2.40. The Morgan fingerprint density at radius 1 is 1.06 bits per heavy atom. The third-order valence-corrected chi connectivity index (χ3v) is 6.49. The van der Waals surface area contributed by atoms with Gasteiger partial charge in [-0.15, -0.1) is 0 Å². The molecular formula is C24H26F2N8O. The number of halogens is 2. The standard InChI is InChI=1S/C24H26F2N8O/c1-13-9-15-22(26)18(10-16(25)23(15)27-13)35-21-12-20(34-7-5-33(2)6-8-34)29-24(30-21)28-19-11-17(31-32-19)14-3-4-14/h9-12,14,27H,3-8H2,1-2H3,(H2,28,29,30,31,32). The van der Waals surface area contributed by atoms with E-state index in [0.29, 0.717) is 23.2 Å². The molecule has 4 aromatic rings. The summed E-state index contributed by atoms with van der Waals surface area (Å²) >= 11 is 0. The molecule has 2 fully saturated rings. The molecule has 3 N–H and O–H groups in total. The number of aryl methyl sites for hydroxylation is 1. The number of rotatable bonds is 6. The van der Waals surface area contributed by atoms with Gasteiger partial charge < -0.3 is 24.8 Å². The van der Waals surface area contributed by atoms with Crippen molar-refractivity contribution in [1.29, 1.82) is 0 Å². The number of nitrogens with one attached hydrogen (secondary N) is 3. The molecule has 1 saturated heterocycles. The minimum Gasteiger partial charge on any atom is -0.436 e. The second-order valence-electron chi connectivity index (χ2n) is 9.30. The second kappa shape index (κ2) is 8.49. The van der Waals surface area contributed by atoms with Gasteiger partial charge in [-0.25, -0.2) is 8.78 Å². The number of fused-ring (bicyclic) bond motifs is 1. The number of hydrogen-bond acceptors (Lipinski definition) is 7. The predicted molar refractivity (Wildman–Crippen MR) is 129 cm³/mol. The van der Waals surface area contributed by atoms with Crippen LogP contribution in [-0.4, -0.2) is 63.3 Å². The monoisotopic (exact) mass is 480 g/mol. The van der Waals surface area contributed by atoms with Crippen molar-refractivity contribution in [3.8, 4) is 11.6 Å². The zero-order valence-corrected chi connectivity index (χ0v) is 19.5. The van der Waals surface area contributed by atoms with Crippen LogP contribution in [0.25, 0.3) is 10.9 Å². The summed E-state index contributed by atoms with van der Waals surface area (Å²) in [5, 5.41) is 10.6. The fourth-order valence-corrected chi connectivity index (χ4v) is 4.36. The summed E-state index contributed by atoms with van der Waals surface area (Å²) in [7, 11) is 2.07. The molecule has 1 aliphatic heterocycles. The van der Waals surface area contributed by atoms with Gasteiger partial charge in [0.15, 0.2) is 23.2 Å². The third kappa shape index (κ3) is 4.39. The highest BCUT2D eigenvalue weighted by Gasteiger charge is 2.26. The largest absolute Gasteiger partial charge is 0.436 e. The summed E-state index contributed by atoms with van der Waals surface area (Å²) < 4.78 is 35.6. The van der Waals surface area contributed by atoms with Gasteiger partial charge in [0, 0.05) is 67.1 Å². The zero-order valence-electron chi connectivity index (χ0n) is 19.5. The molecule has 3 aromatic heterocycles. The van der Waals surface area contributed by atoms with Crippen molar-refractivity contribution in [2.24, 2.45) is 0 Å². The molecule has 182 valence electrons. The van der Waals surface area contributed by atoms with Crippen molar-refractivity contribution in [3.63, 3.8) is 0 Å². The summed E-state index contributed by atoms with van der Waals surface area (Å²) in [6.45, 7) is 5.07. The number of aromatic nitrogens is 5. The van der Waals surface area contributed by atoms with Gasteiger partial charge in [-0.2, -0.15) is 15.1 Å². The summed E-state index contributed by atoms with van der Waals surface area (Å²) in [5.74, 6) is 0.654. The SMILES string of the molecule is Cc1cc2c(F)c(Oc3cc(N4CCN(C)CC4)nc(Nc4cc(C5CC5)[nH]n4)n3)cc(F)c2[nH]1. The summed E-state index contributed by atoms with van der Waals surface area (Å²) in [6.07, 6.45) is 2.31. The lowest BCUT2D eigenvalue weighted by Gasteiger charge is -2.33. The Balaban J connectivity index is 1.34. The molecule has 0 atom stereocenters. The van der Waals surface area contributed by atoms with E-state index in [0.717, 1.165) is 50.8 Å². The van der Waals surface area contributed by atoms with Crippen LogP contribution < -0.4 is 15.0 Å². The molecule has 0 spiro atoms. The van der Waals surface area contributed by atoms with E-state index in [4.69, 9.17) is 4.74 Å². The first kappa shape index (κ1) is 21.8. The van der Waals surface area contributed by atoms with E-state index in [2.05, 4.69) is 47.3 Å². The molecule has 0 unspecified atom stereocenters. The first-order valence-electron chi connectivity index (χ1n) is 11.7. The number of hydrogen-bond donors (Lipinski definition) is 3. The van der Waals surface area contributed by atoms with Crippen LogP contribution in [0.2, 0.25) is 0 Å². The molecular weight excluding hydrogens is 454 g/mol. The zero-order chi connectivity index (χ0) is 24.1. The lowest BCUT2D eigenvalue weighted by molar-refractivity contribution is 0.312. The smallest absolute Gasteiger partial charge is 0.233 e. The van der Waals surface area contributed by atoms with Gasteiger partial charge in [0.05, 0.1) is 5.52 Å². The lowest BCUT2D eigenvalue weighted by atomic mass is 10.2. The van der Waals surface area contributed by atoms with E-state index in [1.54, 1.807) is 19.1 Å². The number of anilines is 3. The minimum atomic E-state index is -0.651. The molecule has 1 aromatic carbocycles. The van der Waals surface area contributed by atoms with E-state index < -0.39 is 11.6 Å². The molecule has 4 heterocycles. The van der Waals surface area contributed by atoms with Crippen LogP contribution in [-0.2, 0) is 0 Å². The quantitative estimate of drug-likeness (QED) is 0.376. The molecule has 1 saturated carbocycles. The first-order valence-corrected chi connectivity index (χ1v) is 11.7. The average molecular weight is 481 g/mol. The molecule has 6 rings (SSSR count). The summed E-state index contributed by atoms with van der Waals surface area (Å²) in [6, 6.07) is 6.19. The minimum absolute atomic E-state index is 0.110. The number of nitrogens with zero attached hydrogens (tertiary/aromatic N) is 5. The van der Waals surface area contributed by atoms with Crippen LogP contribution in [0, 0.1) is 18.6 Å². The summed E-state index contributed by atoms with van der Waals surface area (Å²) in [4.78, 5) is 16.3. The van der Waals surface area contributed by atoms with E-state index in [1.807, 2.05) is 6.07 Å². The number of piperazine rings is 1. The number of H-pyrrole nitrogens is 2. The molecule has 9 nitrogen and oxygen atoms in total. The molecule has 11 heteroatoms. The Morgan fingerprint density at radius 2 is 1.86 bits per heavy atom. The first-order chi connectivity index (χ1) is 16.9. The topological polar surface area (TPSA) is 98.0 Å². The van der Waals surface area contributed by atoms with Crippen LogP contribution in [0.15, 0.2) is 24.3 Å². The van der Waals surface area contributed by atoms with Gasteiger partial charge in [0.1, 0.15) is 5.82 Å². The van der Waals surface area contributed by atoms with Crippen LogP contribution in [0.4, 0.5) is 26.4 Å². The number of aromatic amines is 2. The predicted octanol–water partition coefficient (Wildman–Crippen LogP) is 4.43. The fourth-order valence-electron chi connectivity index (χ4n) is 4.36. The molecule has 2 aliphatic rings. The highest BCUT2D eigenvalue weighted by atomic mass is 19.1. The van der Waals surface area contributed by atoms with Crippen molar-refractivity contribution >= 4 is 28.5 Å². The second-order valence-corrected chi connectivity index (χ2v) is 9.30.